The number of aromatic amines is 1. The first-order valence-corrected chi connectivity index (χ1v) is 10.0. The van der Waals surface area contributed by atoms with Gasteiger partial charge < -0.3 is 14.8 Å². The molecule has 146 valence electrons. The van der Waals surface area contributed by atoms with E-state index in [2.05, 4.69) is 21.2 Å². The fourth-order valence-corrected chi connectivity index (χ4v) is 4.21. The normalized spacial score (nSPS) is 15.2. The second-order valence-corrected chi connectivity index (χ2v) is 7.54. The number of aromatic nitrogens is 3. The van der Waals surface area contributed by atoms with Crippen molar-refractivity contribution in [3.05, 3.63) is 61.6 Å². The van der Waals surface area contributed by atoms with E-state index in [0.29, 0.717) is 18.0 Å². The predicted molar refractivity (Wildman–Crippen MR) is 108 cm³/mol. The molecule has 4 rings (SSSR count). The van der Waals surface area contributed by atoms with Crippen LogP contribution in [0.15, 0.2) is 39.9 Å². The number of amides is 1. The summed E-state index contributed by atoms with van der Waals surface area (Å²) in [5.41, 5.74) is 0.207. The average Bonchev–Trinajstić information content (AvgIpc) is 3.15. The summed E-state index contributed by atoms with van der Waals surface area (Å²) in [6, 6.07) is 9.28. The highest BCUT2D eigenvalue weighted by Crippen LogP contribution is 2.20. The van der Waals surface area contributed by atoms with Crippen LogP contribution in [-0.2, 0) is 6.54 Å². The van der Waals surface area contributed by atoms with Crippen molar-refractivity contribution in [3.8, 4) is 0 Å². The van der Waals surface area contributed by atoms with Gasteiger partial charge in [-0.25, -0.2) is 4.79 Å². The van der Waals surface area contributed by atoms with Gasteiger partial charge >= 0.3 is 5.69 Å². The Morgan fingerprint density at radius 1 is 1.14 bits per heavy atom. The van der Waals surface area contributed by atoms with Gasteiger partial charge in [0, 0.05) is 26.2 Å². The van der Waals surface area contributed by atoms with Gasteiger partial charge in [-0.15, -0.1) is 0 Å². The van der Waals surface area contributed by atoms with Crippen molar-refractivity contribution >= 4 is 28.5 Å². The van der Waals surface area contributed by atoms with E-state index in [1.54, 1.807) is 4.90 Å². The molecule has 8 nitrogen and oxygen atoms in total. The van der Waals surface area contributed by atoms with E-state index in [-0.39, 0.29) is 23.5 Å². The van der Waals surface area contributed by atoms with Crippen LogP contribution >= 0.6 is 11.5 Å². The molecule has 2 aromatic heterocycles. The molecule has 3 heterocycles. The van der Waals surface area contributed by atoms with Gasteiger partial charge in [0.15, 0.2) is 5.52 Å². The first kappa shape index (κ1) is 18.6. The van der Waals surface area contributed by atoms with E-state index < -0.39 is 11.2 Å². The third-order valence-electron chi connectivity index (χ3n) is 5.10. The Hall–Kier alpha value is -2.78. The Labute approximate surface area is 165 Å². The van der Waals surface area contributed by atoms with E-state index in [9.17, 15) is 14.4 Å². The molecule has 1 aliphatic rings. The number of hydrogen-bond acceptors (Lipinski definition) is 6. The average molecular weight is 399 g/mol. The highest BCUT2D eigenvalue weighted by atomic mass is 32.1. The molecule has 1 fully saturated rings. The molecule has 0 unspecified atom stereocenters. The molecule has 0 atom stereocenters. The lowest BCUT2D eigenvalue weighted by Gasteiger charge is -2.33. The first-order valence-electron chi connectivity index (χ1n) is 9.26. The molecular weight excluding hydrogens is 378 g/mol. The molecular formula is C19H21N5O3S. The van der Waals surface area contributed by atoms with Crippen molar-refractivity contribution in [1.82, 2.24) is 23.7 Å². The predicted octanol–water partition coefficient (Wildman–Crippen LogP) is 0.972. The molecule has 1 aliphatic heterocycles. The van der Waals surface area contributed by atoms with Crippen LogP contribution in [0.25, 0.3) is 11.0 Å². The highest BCUT2D eigenvalue weighted by Gasteiger charge is 2.26. The summed E-state index contributed by atoms with van der Waals surface area (Å²) < 4.78 is 5.31. The number of hydrogen-bond donors (Lipinski definition) is 1. The van der Waals surface area contributed by atoms with Crippen molar-refractivity contribution in [1.29, 1.82) is 0 Å². The molecule has 28 heavy (non-hydrogen) atoms. The summed E-state index contributed by atoms with van der Waals surface area (Å²) >= 11 is 0.971. The van der Waals surface area contributed by atoms with Crippen molar-refractivity contribution in [3.63, 3.8) is 0 Å². The molecule has 0 spiro atoms. The van der Waals surface area contributed by atoms with E-state index >= 15 is 0 Å². The van der Waals surface area contributed by atoms with Gasteiger partial charge in [0.05, 0.1) is 12.1 Å². The van der Waals surface area contributed by atoms with Crippen LogP contribution < -0.4 is 11.2 Å². The van der Waals surface area contributed by atoms with Crippen LogP contribution in [0.4, 0.5) is 0 Å². The number of fused-ring (bicyclic) bond motifs is 1. The maximum absolute atomic E-state index is 12.9. The Morgan fingerprint density at radius 2 is 1.86 bits per heavy atom. The lowest BCUT2D eigenvalue weighted by molar-refractivity contribution is 0.0649. The molecule has 9 heteroatoms. The van der Waals surface area contributed by atoms with Crippen molar-refractivity contribution in [2.24, 2.45) is 0 Å². The maximum Gasteiger partial charge on any atom is 0.329 e. The van der Waals surface area contributed by atoms with Gasteiger partial charge in [-0.1, -0.05) is 37.3 Å². The monoisotopic (exact) mass is 399 g/mol. The summed E-state index contributed by atoms with van der Waals surface area (Å²) in [4.78, 5) is 45.3. The molecule has 1 aromatic carbocycles. The zero-order valence-electron chi connectivity index (χ0n) is 15.6. The smallest absolute Gasteiger partial charge is 0.329 e. The van der Waals surface area contributed by atoms with Crippen LogP contribution in [0, 0.1) is 0 Å². The Morgan fingerprint density at radius 3 is 2.54 bits per heavy atom. The third kappa shape index (κ3) is 3.38. The van der Waals surface area contributed by atoms with Crippen LogP contribution in [0.3, 0.4) is 0 Å². The van der Waals surface area contributed by atoms with Crippen molar-refractivity contribution < 1.29 is 4.79 Å². The molecule has 0 radical (unpaired) electrons. The number of benzene rings is 1. The summed E-state index contributed by atoms with van der Waals surface area (Å²) in [5, 5.41) is 0. The van der Waals surface area contributed by atoms with E-state index in [1.165, 1.54) is 0 Å². The highest BCUT2D eigenvalue weighted by molar-refractivity contribution is 7.09. The van der Waals surface area contributed by atoms with Crippen LogP contribution in [0.5, 0.6) is 0 Å². The fourth-order valence-electron chi connectivity index (χ4n) is 3.41. The maximum atomic E-state index is 12.9. The fraction of sp³-hybridized carbons (Fsp3) is 0.368. The number of likely N-dealkylation sites (N-methyl/N-ethyl adjacent to an activating group) is 1. The van der Waals surface area contributed by atoms with Crippen molar-refractivity contribution in [2.45, 2.75) is 13.5 Å². The summed E-state index contributed by atoms with van der Waals surface area (Å²) in [7, 11) is 0. The quantitative estimate of drug-likeness (QED) is 0.706. The number of rotatable bonds is 4. The summed E-state index contributed by atoms with van der Waals surface area (Å²) in [6.45, 7) is 6.10. The van der Waals surface area contributed by atoms with Crippen molar-refractivity contribution in [2.75, 3.05) is 32.7 Å². The number of H-pyrrole nitrogens is 1. The van der Waals surface area contributed by atoms with Gasteiger partial charge in [0.1, 0.15) is 4.88 Å². The lowest BCUT2D eigenvalue weighted by Crippen LogP contribution is -2.48. The second-order valence-electron chi connectivity index (χ2n) is 6.77. The number of carbonyl (C=O) groups excluding carboxylic acids is 1. The molecule has 0 saturated carbocycles. The summed E-state index contributed by atoms with van der Waals surface area (Å²) in [5.74, 6) is -0.181. The number of carbonyl (C=O) groups is 1. The SMILES string of the molecule is CCN1CCN(C(=O)c2snc3c(=O)n(Cc4ccccc4)c(=O)[nH]c23)CC1. The zero-order chi connectivity index (χ0) is 19.7. The van der Waals surface area contributed by atoms with E-state index in [4.69, 9.17) is 0 Å². The molecule has 0 bridgehead atoms. The Balaban J connectivity index is 1.66. The molecule has 1 N–H and O–H groups in total. The molecule has 3 aromatic rings. The van der Waals surface area contributed by atoms with Crippen LogP contribution in [0.2, 0.25) is 0 Å². The van der Waals surface area contributed by atoms with Gasteiger partial charge in [-0.05, 0) is 23.6 Å². The van der Waals surface area contributed by atoms with Gasteiger partial charge in [0.2, 0.25) is 0 Å². The first-order chi connectivity index (χ1) is 13.6. The Bertz CT molecular complexity index is 1110. The van der Waals surface area contributed by atoms with Crippen LogP contribution in [-0.4, -0.2) is 62.4 Å². The largest absolute Gasteiger partial charge is 0.335 e. The number of nitrogens with one attached hydrogen (secondary N) is 1. The van der Waals surface area contributed by atoms with Gasteiger partial charge in [-0.3, -0.25) is 14.2 Å². The lowest BCUT2D eigenvalue weighted by atomic mass is 10.2. The summed E-state index contributed by atoms with van der Waals surface area (Å²) in [6.07, 6.45) is 0. The van der Waals surface area contributed by atoms with Crippen LogP contribution in [0.1, 0.15) is 22.2 Å². The minimum atomic E-state index is -0.536. The number of piperazine rings is 1. The van der Waals surface area contributed by atoms with Gasteiger partial charge in [0.25, 0.3) is 11.5 Å². The standard InChI is InChI=1S/C19H21N5O3S/c1-2-22-8-10-23(11-9-22)18(26)16-14-15(21-28-16)17(25)24(19(27)20-14)12-13-6-4-3-5-7-13/h3-7H,2,8-12H2,1H3,(H,20,27). The Kier molecular flexibility index (Phi) is 5.10. The second kappa shape index (κ2) is 7.69. The molecule has 0 aliphatic carbocycles. The minimum absolute atomic E-state index is 0.135. The van der Waals surface area contributed by atoms with Gasteiger partial charge in [-0.2, -0.15) is 4.37 Å². The minimum Gasteiger partial charge on any atom is -0.335 e. The topological polar surface area (TPSA) is 91.3 Å². The molecule has 1 amide bonds. The molecule has 1 saturated heterocycles. The zero-order valence-corrected chi connectivity index (χ0v) is 16.4. The van der Waals surface area contributed by atoms with E-state index in [0.717, 1.165) is 41.3 Å². The van der Waals surface area contributed by atoms with E-state index in [1.807, 2.05) is 30.3 Å². The third-order valence-corrected chi connectivity index (χ3v) is 5.94. The number of nitrogens with zero attached hydrogens (tertiary/aromatic N) is 4.